The first-order valence-electron chi connectivity index (χ1n) is 6.66. The predicted octanol–water partition coefficient (Wildman–Crippen LogP) is 0.792. The maximum absolute atomic E-state index is 11.8. The van der Waals surface area contributed by atoms with Gasteiger partial charge in [0.1, 0.15) is 0 Å². The Bertz CT molecular complexity index is 595. The number of likely N-dealkylation sites (tertiary alicyclic amines) is 1. The molecule has 0 aromatic carbocycles. The molecule has 1 saturated heterocycles. The summed E-state index contributed by atoms with van der Waals surface area (Å²) in [5.41, 5.74) is 2.99. The van der Waals surface area contributed by atoms with E-state index in [0.29, 0.717) is 6.54 Å². The van der Waals surface area contributed by atoms with Crippen LogP contribution >= 0.6 is 0 Å². The van der Waals surface area contributed by atoms with Gasteiger partial charge in [-0.25, -0.2) is 0 Å². The number of pyridine rings is 1. The van der Waals surface area contributed by atoms with Crippen LogP contribution in [-0.4, -0.2) is 45.6 Å². The van der Waals surface area contributed by atoms with Gasteiger partial charge in [0.2, 0.25) is 5.91 Å². The third-order valence-corrected chi connectivity index (χ3v) is 3.63. The highest BCUT2D eigenvalue weighted by Crippen LogP contribution is 2.20. The molecule has 3 heterocycles. The van der Waals surface area contributed by atoms with Crippen LogP contribution in [0.5, 0.6) is 0 Å². The molecule has 2 aromatic heterocycles. The number of H-pyrrole nitrogens is 1. The first kappa shape index (κ1) is 12.8. The van der Waals surface area contributed by atoms with Crippen molar-refractivity contribution in [2.45, 2.75) is 19.0 Å². The van der Waals surface area contributed by atoms with Gasteiger partial charge in [0, 0.05) is 43.7 Å². The Hall–Kier alpha value is -2.21. The molecule has 3 rings (SSSR count). The predicted molar refractivity (Wildman–Crippen MR) is 74.7 cm³/mol. The van der Waals surface area contributed by atoms with Gasteiger partial charge in [-0.3, -0.25) is 14.9 Å². The summed E-state index contributed by atoms with van der Waals surface area (Å²) in [5.74, 6) is 0.163. The molecule has 6 heteroatoms. The maximum atomic E-state index is 11.8. The molecular weight excluding hydrogens is 254 g/mol. The maximum Gasteiger partial charge on any atom is 0.239 e. The van der Waals surface area contributed by atoms with Crippen molar-refractivity contribution < 1.29 is 4.79 Å². The van der Waals surface area contributed by atoms with Crippen LogP contribution < -0.4 is 5.32 Å². The number of aromatic amines is 1. The smallest absolute Gasteiger partial charge is 0.239 e. The van der Waals surface area contributed by atoms with Crippen molar-refractivity contribution in [1.29, 1.82) is 0 Å². The van der Waals surface area contributed by atoms with Gasteiger partial charge in [0.15, 0.2) is 0 Å². The molecule has 2 N–H and O–H groups in total. The van der Waals surface area contributed by atoms with Gasteiger partial charge in [-0.05, 0) is 18.6 Å². The van der Waals surface area contributed by atoms with Crippen molar-refractivity contribution in [3.63, 3.8) is 0 Å². The summed E-state index contributed by atoms with van der Waals surface area (Å²) in [7, 11) is 1.84. The highest BCUT2D eigenvalue weighted by molar-refractivity contribution is 5.83. The van der Waals surface area contributed by atoms with Crippen LogP contribution in [0.15, 0.2) is 30.7 Å². The van der Waals surface area contributed by atoms with E-state index in [-0.39, 0.29) is 11.9 Å². The largest absolute Gasteiger partial charge is 0.344 e. The Morgan fingerprint density at radius 1 is 1.50 bits per heavy atom. The van der Waals surface area contributed by atoms with E-state index in [4.69, 9.17) is 0 Å². The minimum Gasteiger partial charge on any atom is -0.344 e. The Kier molecular flexibility index (Phi) is 3.47. The van der Waals surface area contributed by atoms with E-state index in [9.17, 15) is 4.79 Å². The van der Waals surface area contributed by atoms with Crippen LogP contribution in [-0.2, 0) is 11.3 Å². The number of hydrogen-bond donors (Lipinski definition) is 2. The Balaban J connectivity index is 1.70. The Morgan fingerprint density at radius 2 is 2.40 bits per heavy atom. The number of likely N-dealkylation sites (N-methyl/N-ethyl adjacent to an activating group) is 1. The fourth-order valence-corrected chi connectivity index (χ4v) is 2.45. The average Bonchev–Trinajstić information content (AvgIpc) is 3.07. The summed E-state index contributed by atoms with van der Waals surface area (Å²) >= 11 is 0. The molecule has 1 aliphatic rings. The van der Waals surface area contributed by atoms with Gasteiger partial charge in [-0.15, -0.1) is 0 Å². The molecule has 0 radical (unpaired) electrons. The molecule has 1 atom stereocenters. The summed E-state index contributed by atoms with van der Waals surface area (Å²) in [4.78, 5) is 17.7. The SMILES string of the molecule is CN1CCC(NCc2cn[nH]c2-c2cccnc2)C1=O. The van der Waals surface area contributed by atoms with E-state index >= 15 is 0 Å². The van der Waals surface area contributed by atoms with E-state index in [0.717, 1.165) is 29.8 Å². The van der Waals surface area contributed by atoms with Crippen LogP contribution in [0.2, 0.25) is 0 Å². The summed E-state index contributed by atoms with van der Waals surface area (Å²) in [6.07, 6.45) is 6.18. The second-order valence-corrected chi connectivity index (χ2v) is 4.99. The highest BCUT2D eigenvalue weighted by atomic mass is 16.2. The van der Waals surface area contributed by atoms with Crippen LogP contribution in [0.1, 0.15) is 12.0 Å². The van der Waals surface area contributed by atoms with Crippen molar-refractivity contribution >= 4 is 5.91 Å². The first-order chi connectivity index (χ1) is 9.75. The minimum atomic E-state index is -0.0864. The van der Waals surface area contributed by atoms with E-state index in [1.165, 1.54) is 0 Å². The molecule has 1 amide bonds. The lowest BCUT2D eigenvalue weighted by Crippen LogP contribution is -2.36. The lowest BCUT2D eigenvalue weighted by Gasteiger charge is -2.12. The molecule has 1 aliphatic heterocycles. The van der Waals surface area contributed by atoms with Crippen molar-refractivity contribution in [2.75, 3.05) is 13.6 Å². The fraction of sp³-hybridized carbons (Fsp3) is 0.357. The number of carbonyl (C=O) groups excluding carboxylic acids is 1. The van der Waals surface area contributed by atoms with E-state index in [1.807, 2.05) is 19.2 Å². The van der Waals surface area contributed by atoms with Crippen LogP contribution in [0.4, 0.5) is 0 Å². The lowest BCUT2D eigenvalue weighted by molar-refractivity contribution is -0.128. The number of nitrogens with zero attached hydrogens (tertiary/aromatic N) is 3. The zero-order valence-corrected chi connectivity index (χ0v) is 11.3. The number of amides is 1. The second-order valence-electron chi connectivity index (χ2n) is 4.99. The molecule has 0 aliphatic carbocycles. The van der Waals surface area contributed by atoms with Gasteiger partial charge in [0.05, 0.1) is 17.9 Å². The monoisotopic (exact) mass is 271 g/mol. The van der Waals surface area contributed by atoms with Crippen molar-refractivity contribution in [2.24, 2.45) is 0 Å². The standard InChI is InChI=1S/C14H17N5O/c1-19-6-4-12(14(19)20)16-8-11-9-17-18-13(11)10-3-2-5-15-7-10/h2-3,5,7,9,12,16H,4,6,8H2,1H3,(H,17,18). The summed E-state index contributed by atoms with van der Waals surface area (Å²) < 4.78 is 0. The van der Waals surface area contributed by atoms with E-state index in [2.05, 4.69) is 20.5 Å². The third kappa shape index (κ3) is 2.42. The molecule has 0 spiro atoms. The lowest BCUT2D eigenvalue weighted by atomic mass is 10.1. The van der Waals surface area contributed by atoms with Gasteiger partial charge in [-0.1, -0.05) is 0 Å². The topological polar surface area (TPSA) is 73.9 Å². The third-order valence-electron chi connectivity index (χ3n) is 3.63. The molecule has 104 valence electrons. The van der Waals surface area contributed by atoms with Gasteiger partial charge in [0.25, 0.3) is 0 Å². The summed E-state index contributed by atoms with van der Waals surface area (Å²) in [6.45, 7) is 1.43. The van der Waals surface area contributed by atoms with Crippen LogP contribution in [0, 0.1) is 0 Å². The molecule has 1 fully saturated rings. The zero-order valence-electron chi connectivity index (χ0n) is 11.3. The van der Waals surface area contributed by atoms with Crippen molar-refractivity contribution in [3.8, 4) is 11.3 Å². The second kappa shape index (κ2) is 5.42. The van der Waals surface area contributed by atoms with E-state index in [1.54, 1.807) is 23.5 Å². The quantitative estimate of drug-likeness (QED) is 0.862. The van der Waals surface area contributed by atoms with Gasteiger partial charge < -0.3 is 10.2 Å². The minimum absolute atomic E-state index is 0.0864. The Morgan fingerprint density at radius 3 is 3.10 bits per heavy atom. The molecule has 1 unspecified atom stereocenters. The van der Waals surface area contributed by atoms with Crippen molar-refractivity contribution in [1.82, 2.24) is 25.4 Å². The number of carbonyl (C=O) groups is 1. The molecule has 2 aromatic rings. The number of aromatic nitrogens is 3. The van der Waals surface area contributed by atoms with Gasteiger partial charge in [-0.2, -0.15) is 5.10 Å². The number of rotatable bonds is 4. The van der Waals surface area contributed by atoms with Crippen LogP contribution in [0.3, 0.4) is 0 Å². The van der Waals surface area contributed by atoms with Crippen LogP contribution in [0.25, 0.3) is 11.3 Å². The molecular formula is C14H17N5O. The normalized spacial score (nSPS) is 18.8. The summed E-state index contributed by atoms with van der Waals surface area (Å²) in [6, 6.07) is 3.79. The fourth-order valence-electron chi connectivity index (χ4n) is 2.45. The van der Waals surface area contributed by atoms with Gasteiger partial charge >= 0.3 is 0 Å². The molecule has 20 heavy (non-hydrogen) atoms. The molecule has 6 nitrogen and oxygen atoms in total. The first-order valence-corrected chi connectivity index (χ1v) is 6.66. The molecule has 0 bridgehead atoms. The zero-order chi connectivity index (χ0) is 13.9. The highest BCUT2D eigenvalue weighted by Gasteiger charge is 2.28. The number of nitrogens with one attached hydrogen (secondary N) is 2. The number of hydrogen-bond acceptors (Lipinski definition) is 4. The average molecular weight is 271 g/mol. The molecule has 0 saturated carbocycles. The van der Waals surface area contributed by atoms with Crippen molar-refractivity contribution in [3.05, 3.63) is 36.3 Å². The summed E-state index contributed by atoms with van der Waals surface area (Å²) in [5, 5.41) is 10.4. The van der Waals surface area contributed by atoms with E-state index < -0.39 is 0 Å². The Labute approximate surface area is 117 Å².